The first kappa shape index (κ1) is 27.8. The van der Waals surface area contributed by atoms with E-state index in [1.165, 1.54) is 26.5 Å². The van der Waals surface area contributed by atoms with Crippen molar-refractivity contribution in [1.82, 2.24) is 29.9 Å². The Bertz CT molecular complexity index is 1340. The Kier molecular flexibility index (Phi) is 8.15. The quantitative estimate of drug-likeness (QED) is 0.331. The third kappa shape index (κ3) is 6.01. The van der Waals surface area contributed by atoms with Crippen LogP contribution in [0.4, 0.5) is 10.1 Å². The molecular formula is C28H36FN7O4. The number of nitrogens with one attached hydrogen (secondary N) is 2. The Morgan fingerprint density at radius 2 is 1.85 bits per heavy atom. The molecule has 3 aromatic rings. The van der Waals surface area contributed by atoms with Crippen LogP contribution in [0.1, 0.15) is 67.7 Å². The molecule has 0 aliphatic heterocycles. The van der Waals surface area contributed by atoms with E-state index >= 15 is 0 Å². The van der Waals surface area contributed by atoms with Crippen LogP contribution < -0.4 is 15.4 Å². The maximum Gasteiger partial charge on any atom is 0.270 e. The van der Waals surface area contributed by atoms with Gasteiger partial charge in [0.2, 0.25) is 11.8 Å². The van der Waals surface area contributed by atoms with E-state index in [0.29, 0.717) is 28.8 Å². The molecule has 3 aromatic heterocycles. The molecule has 40 heavy (non-hydrogen) atoms. The van der Waals surface area contributed by atoms with Gasteiger partial charge in [-0.15, -0.1) is 0 Å². The summed E-state index contributed by atoms with van der Waals surface area (Å²) in [6, 6.07) is 1.75. The molecule has 0 spiro atoms. The molecule has 0 aromatic carbocycles. The number of hydrogen-bond acceptors (Lipinski definition) is 7. The lowest BCUT2D eigenvalue weighted by Crippen LogP contribution is -2.50. The standard InChI is InChI=1S/C28H36FN7O4/c1-16(2)36-22(9-10-31-36)26(37)34-25(24(17-5-6-17)18-7-8-18)27(38)33-20-13-32-35(14-20)23(15-39-3)21-11-19(29)12-30-28(21)40-4/h9-14,16-18,23-25H,5-8,15H2,1-4H3,(H,33,38)(H,34,37). The predicted octanol–water partition coefficient (Wildman–Crippen LogP) is 3.61. The molecule has 2 unspecified atom stereocenters. The van der Waals surface area contributed by atoms with Crippen LogP contribution in [0.25, 0.3) is 0 Å². The highest BCUT2D eigenvalue weighted by Gasteiger charge is 2.48. The minimum atomic E-state index is -0.700. The summed E-state index contributed by atoms with van der Waals surface area (Å²) in [6.45, 7) is 4.08. The van der Waals surface area contributed by atoms with Gasteiger partial charge in [0, 0.05) is 31.1 Å². The van der Waals surface area contributed by atoms with Gasteiger partial charge < -0.3 is 20.1 Å². The van der Waals surface area contributed by atoms with Gasteiger partial charge in [-0.3, -0.25) is 19.0 Å². The summed E-state index contributed by atoms with van der Waals surface area (Å²) in [5.41, 5.74) is 1.33. The molecule has 2 fully saturated rings. The van der Waals surface area contributed by atoms with Crippen molar-refractivity contribution in [2.24, 2.45) is 17.8 Å². The van der Waals surface area contributed by atoms with E-state index < -0.39 is 17.9 Å². The second kappa shape index (κ2) is 11.7. The van der Waals surface area contributed by atoms with Crippen LogP contribution in [0.15, 0.2) is 36.9 Å². The highest BCUT2D eigenvalue weighted by Crippen LogP contribution is 2.51. The molecule has 12 heteroatoms. The summed E-state index contributed by atoms with van der Waals surface area (Å²) in [4.78, 5) is 31.2. The number of carbonyl (C=O) groups is 2. The van der Waals surface area contributed by atoms with E-state index in [9.17, 15) is 14.0 Å². The zero-order valence-electron chi connectivity index (χ0n) is 23.2. The van der Waals surface area contributed by atoms with Gasteiger partial charge in [-0.2, -0.15) is 10.2 Å². The zero-order valence-corrected chi connectivity index (χ0v) is 23.2. The number of amides is 2. The number of rotatable bonds is 13. The average Bonchev–Trinajstić information content (AvgIpc) is 3.85. The van der Waals surface area contributed by atoms with Gasteiger partial charge in [0.1, 0.15) is 23.6 Å². The minimum Gasteiger partial charge on any atom is -0.481 e. The molecule has 2 atom stereocenters. The van der Waals surface area contributed by atoms with E-state index in [2.05, 4.69) is 25.8 Å². The summed E-state index contributed by atoms with van der Waals surface area (Å²) in [5.74, 6) is 0.0320. The van der Waals surface area contributed by atoms with Crippen LogP contribution in [0.3, 0.4) is 0 Å². The van der Waals surface area contributed by atoms with Crippen LogP contribution in [0, 0.1) is 23.6 Å². The highest BCUT2D eigenvalue weighted by atomic mass is 19.1. The second-order valence-electron chi connectivity index (χ2n) is 10.9. The number of pyridine rings is 1. The molecule has 0 bridgehead atoms. The molecular weight excluding hydrogens is 517 g/mol. The number of nitrogens with zero attached hydrogens (tertiary/aromatic N) is 5. The molecule has 214 valence electrons. The number of ether oxygens (including phenoxy) is 2. The van der Waals surface area contributed by atoms with Crippen molar-refractivity contribution < 1.29 is 23.5 Å². The fourth-order valence-electron chi connectivity index (χ4n) is 5.46. The summed E-state index contributed by atoms with van der Waals surface area (Å²) < 4.78 is 28.0. The minimum absolute atomic E-state index is 0.00323. The van der Waals surface area contributed by atoms with Crippen molar-refractivity contribution in [3.05, 3.63) is 54.0 Å². The summed E-state index contributed by atoms with van der Waals surface area (Å²) in [6.07, 6.45) is 10.1. The van der Waals surface area contributed by atoms with Crippen molar-refractivity contribution >= 4 is 17.5 Å². The van der Waals surface area contributed by atoms with Gasteiger partial charge in [0.15, 0.2) is 0 Å². The third-order valence-electron chi connectivity index (χ3n) is 7.59. The van der Waals surface area contributed by atoms with E-state index in [1.54, 1.807) is 27.8 Å². The van der Waals surface area contributed by atoms with Crippen LogP contribution in [-0.2, 0) is 9.53 Å². The molecule has 2 N–H and O–H groups in total. The van der Waals surface area contributed by atoms with Crippen molar-refractivity contribution in [2.45, 2.75) is 57.7 Å². The molecule has 0 saturated heterocycles. The Balaban J connectivity index is 1.38. The largest absolute Gasteiger partial charge is 0.481 e. The van der Waals surface area contributed by atoms with Crippen molar-refractivity contribution in [1.29, 1.82) is 0 Å². The van der Waals surface area contributed by atoms with Gasteiger partial charge in [-0.1, -0.05) is 0 Å². The number of halogens is 1. The summed E-state index contributed by atoms with van der Waals surface area (Å²) in [5, 5.41) is 14.7. The maximum absolute atomic E-state index is 14.1. The number of hydrogen-bond donors (Lipinski definition) is 2. The zero-order chi connectivity index (χ0) is 28.4. The topological polar surface area (TPSA) is 125 Å². The van der Waals surface area contributed by atoms with Crippen molar-refractivity contribution in [3.8, 4) is 5.88 Å². The lowest BCUT2D eigenvalue weighted by Gasteiger charge is -2.27. The van der Waals surface area contributed by atoms with Gasteiger partial charge in [-0.05, 0) is 69.4 Å². The number of aromatic nitrogens is 5. The second-order valence-corrected chi connectivity index (χ2v) is 10.9. The van der Waals surface area contributed by atoms with Crippen LogP contribution >= 0.6 is 0 Å². The van der Waals surface area contributed by atoms with Gasteiger partial charge in [0.25, 0.3) is 5.91 Å². The third-order valence-corrected chi connectivity index (χ3v) is 7.59. The molecule has 2 saturated carbocycles. The molecule has 0 radical (unpaired) electrons. The maximum atomic E-state index is 14.1. The summed E-state index contributed by atoms with van der Waals surface area (Å²) in [7, 11) is 2.99. The van der Waals surface area contributed by atoms with Crippen molar-refractivity contribution in [3.63, 3.8) is 0 Å². The number of methoxy groups -OCH3 is 2. The Hall–Kier alpha value is -3.80. The molecule has 3 heterocycles. The lowest BCUT2D eigenvalue weighted by atomic mass is 9.88. The fraction of sp³-hybridized carbons (Fsp3) is 0.536. The van der Waals surface area contributed by atoms with Crippen molar-refractivity contribution in [2.75, 3.05) is 26.1 Å². The SMILES string of the molecule is COCC(c1cc(F)cnc1OC)n1cc(NC(=O)C(NC(=O)c2ccnn2C(C)C)C(C2CC2)C2CC2)cn1. The fourth-order valence-corrected chi connectivity index (χ4v) is 5.46. The Morgan fingerprint density at radius 3 is 2.48 bits per heavy atom. The van der Waals surface area contributed by atoms with E-state index in [0.717, 1.165) is 31.9 Å². The monoisotopic (exact) mass is 553 g/mol. The van der Waals surface area contributed by atoms with E-state index in [4.69, 9.17) is 9.47 Å². The first-order chi connectivity index (χ1) is 19.3. The van der Waals surface area contributed by atoms with Gasteiger partial charge in [-0.25, -0.2) is 9.37 Å². The predicted molar refractivity (Wildman–Crippen MR) is 144 cm³/mol. The molecule has 2 aliphatic rings. The first-order valence-corrected chi connectivity index (χ1v) is 13.7. The van der Waals surface area contributed by atoms with E-state index in [-0.39, 0.29) is 36.3 Å². The van der Waals surface area contributed by atoms with Gasteiger partial charge in [0.05, 0.1) is 31.8 Å². The number of carbonyl (C=O) groups excluding carboxylic acids is 2. The Morgan fingerprint density at radius 1 is 1.12 bits per heavy atom. The highest BCUT2D eigenvalue weighted by molar-refractivity contribution is 6.00. The lowest BCUT2D eigenvalue weighted by molar-refractivity contribution is -0.119. The van der Waals surface area contributed by atoms with E-state index in [1.807, 2.05) is 13.8 Å². The Labute approximate surface area is 232 Å². The molecule has 5 rings (SSSR count). The first-order valence-electron chi connectivity index (χ1n) is 13.7. The smallest absolute Gasteiger partial charge is 0.270 e. The number of anilines is 1. The molecule has 2 amide bonds. The molecule has 11 nitrogen and oxygen atoms in total. The van der Waals surface area contributed by atoms with Crippen LogP contribution in [0.2, 0.25) is 0 Å². The average molecular weight is 554 g/mol. The summed E-state index contributed by atoms with van der Waals surface area (Å²) >= 11 is 0. The normalized spacial score (nSPS) is 16.7. The van der Waals surface area contributed by atoms with Crippen LogP contribution in [-0.4, -0.2) is 63.2 Å². The van der Waals surface area contributed by atoms with Crippen LogP contribution in [0.5, 0.6) is 5.88 Å². The molecule has 2 aliphatic carbocycles. The van der Waals surface area contributed by atoms with Gasteiger partial charge >= 0.3 is 0 Å².